The van der Waals surface area contributed by atoms with Crippen molar-refractivity contribution in [1.82, 2.24) is 4.90 Å². The molecular formula is C19H21ClN2O2. The van der Waals surface area contributed by atoms with Crippen molar-refractivity contribution in [1.29, 1.82) is 0 Å². The van der Waals surface area contributed by atoms with Gasteiger partial charge in [0.15, 0.2) is 0 Å². The van der Waals surface area contributed by atoms with Gasteiger partial charge >= 0.3 is 0 Å². The van der Waals surface area contributed by atoms with Gasteiger partial charge in [0, 0.05) is 35.4 Å². The molecule has 24 heavy (non-hydrogen) atoms. The zero-order valence-electron chi connectivity index (χ0n) is 13.9. The molecule has 0 aromatic heterocycles. The lowest BCUT2D eigenvalue weighted by Gasteiger charge is -2.17. The first-order chi connectivity index (χ1) is 11.5. The van der Waals surface area contributed by atoms with Gasteiger partial charge in [-0.15, -0.1) is 0 Å². The van der Waals surface area contributed by atoms with Gasteiger partial charge in [-0.2, -0.15) is 0 Å². The van der Waals surface area contributed by atoms with Crippen LogP contribution in [0, 0.1) is 0 Å². The van der Waals surface area contributed by atoms with Crippen LogP contribution in [-0.2, 0) is 0 Å². The topological polar surface area (TPSA) is 49.4 Å². The van der Waals surface area contributed by atoms with E-state index in [9.17, 15) is 9.59 Å². The third kappa shape index (κ3) is 4.83. The molecule has 0 fully saturated rings. The molecule has 0 spiro atoms. The maximum atomic E-state index is 12.4. The van der Waals surface area contributed by atoms with E-state index in [2.05, 4.69) is 12.2 Å². The van der Waals surface area contributed by atoms with E-state index in [-0.39, 0.29) is 11.8 Å². The number of hydrogen-bond acceptors (Lipinski definition) is 2. The van der Waals surface area contributed by atoms with Gasteiger partial charge in [0.25, 0.3) is 11.8 Å². The predicted molar refractivity (Wildman–Crippen MR) is 97.7 cm³/mol. The first kappa shape index (κ1) is 18.0. The molecule has 0 radical (unpaired) electrons. The predicted octanol–water partition coefficient (Wildman–Crippen LogP) is 4.46. The first-order valence-corrected chi connectivity index (χ1v) is 8.31. The standard InChI is InChI=1S/C19H21ClN2O2/c1-3-4-12-22(2)19(24)15-7-5-6-14(13-15)18(23)21-17-10-8-16(20)9-11-17/h5-11,13H,3-4,12H2,1-2H3,(H,21,23). The number of halogens is 1. The van der Waals surface area contributed by atoms with Crippen LogP contribution in [0.3, 0.4) is 0 Å². The van der Waals surface area contributed by atoms with E-state index in [1.165, 1.54) is 0 Å². The summed E-state index contributed by atoms with van der Waals surface area (Å²) in [5.41, 5.74) is 1.61. The van der Waals surface area contributed by atoms with Crippen molar-refractivity contribution < 1.29 is 9.59 Å². The second-order valence-corrected chi connectivity index (χ2v) is 6.06. The Morgan fingerprint density at radius 2 is 1.75 bits per heavy atom. The van der Waals surface area contributed by atoms with E-state index in [1.807, 2.05) is 0 Å². The van der Waals surface area contributed by atoms with Crippen molar-refractivity contribution in [3.63, 3.8) is 0 Å². The zero-order chi connectivity index (χ0) is 17.5. The maximum absolute atomic E-state index is 12.4. The quantitative estimate of drug-likeness (QED) is 0.840. The number of nitrogens with one attached hydrogen (secondary N) is 1. The van der Waals surface area contributed by atoms with Crippen LogP contribution in [-0.4, -0.2) is 30.3 Å². The Morgan fingerprint density at radius 3 is 2.42 bits per heavy atom. The van der Waals surface area contributed by atoms with Gasteiger partial charge < -0.3 is 10.2 Å². The number of benzene rings is 2. The number of unbranched alkanes of at least 4 members (excludes halogenated alkanes) is 1. The number of carbonyl (C=O) groups is 2. The number of rotatable bonds is 6. The Kier molecular flexibility index (Phi) is 6.38. The van der Waals surface area contributed by atoms with E-state index in [0.717, 1.165) is 12.8 Å². The summed E-state index contributed by atoms with van der Waals surface area (Å²) in [5, 5.41) is 3.40. The fourth-order valence-corrected chi connectivity index (χ4v) is 2.37. The van der Waals surface area contributed by atoms with E-state index in [4.69, 9.17) is 11.6 Å². The summed E-state index contributed by atoms with van der Waals surface area (Å²) >= 11 is 5.83. The molecule has 0 saturated carbocycles. The van der Waals surface area contributed by atoms with Crippen molar-refractivity contribution >= 4 is 29.1 Å². The van der Waals surface area contributed by atoms with Gasteiger partial charge in [0.05, 0.1) is 0 Å². The number of anilines is 1. The highest BCUT2D eigenvalue weighted by Crippen LogP contribution is 2.15. The first-order valence-electron chi connectivity index (χ1n) is 7.93. The monoisotopic (exact) mass is 344 g/mol. The summed E-state index contributed by atoms with van der Waals surface area (Å²) < 4.78 is 0. The van der Waals surface area contributed by atoms with Crippen LogP contribution in [0.25, 0.3) is 0 Å². The van der Waals surface area contributed by atoms with Gasteiger partial charge in [-0.3, -0.25) is 9.59 Å². The number of amides is 2. The summed E-state index contributed by atoms with van der Waals surface area (Å²) in [5.74, 6) is -0.340. The molecule has 126 valence electrons. The van der Waals surface area contributed by atoms with Gasteiger partial charge in [0.2, 0.25) is 0 Å². The molecule has 2 rings (SSSR count). The molecule has 0 unspecified atom stereocenters. The van der Waals surface area contributed by atoms with Crippen LogP contribution in [0.15, 0.2) is 48.5 Å². The third-order valence-electron chi connectivity index (χ3n) is 3.67. The van der Waals surface area contributed by atoms with Crippen LogP contribution in [0.1, 0.15) is 40.5 Å². The van der Waals surface area contributed by atoms with Crippen LogP contribution in [0.4, 0.5) is 5.69 Å². The lowest BCUT2D eigenvalue weighted by atomic mass is 10.1. The minimum Gasteiger partial charge on any atom is -0.342 e. The molecule has 0 aliphatic rings. The van der Waals surface area contributed by atoms with Gasteiger partial charge in [0.1, 0.15) is 0 Å². The molecule has 0 aliphatic heterocycles. The van der Waals surface area contributed by atoms with E-state index < -0.39 is 0 Å². The second-order valence-electron chi connectivity index (χ2n) is 5.62. The smallest absolute Gasteiger partial charge is 0.255 e. The minimum absolute atomic E-state index is 0.0791. The normalized spacial score (nSPS) is 10.3. The number of carbonyl (C=O) groups excluding carboxylic acids is 2. The minimum atomic E-state index is -0.261. The van der Waals surface area contributed by atoms with E-state index >= 15 is 0 Å². The average molecular weight is 345 g/mol. The Hall–Kier alpha value is -2.33. The lowest BCUT2D eigenvalue weighted by Crippen LogP contribution is -2.28. The van der Waals surface area contributed by atoms with Gasteiger partial charge in [-0.25, -0.2) is 0 Å². The van der Waals surface area contributed by atoms with E-state index in [1.54, 1.807) is 60.5 Å². The average Bonchev–Trinajstić information content (AvgIpc) is 2.61. The molecular weight excluding hydrogens is 324 g/mol. The lowest BCUT2D eigenvalue weighted by molar-refractivity contribution is 0.0793. The summed E-state index contributed by atoms with van der Waals surface area (Å²) in [6.07, 6.45) is 1.99. The Bertz CT molecular complexity index is 714. The molecule has 4 nitrogen and oxygen atoms in total. The molecule has 0 saturated heterocycles. The highest BCUT2D eigenvalue weighted by molar-refractivity contribution is 6.30. The van der Waals surface area contributed by atoms with Crippen LogP contribution in [0.5, 0.6) is 0 Å². The van der Waals surface area contributed by atoms with Crippen molar-refractivity contribution in [3.8, 4) is 0 Å². The molecule has 2 aromatic rings. The van der Waals surface area contributed by atoms with E-state index in [0.29, 0.717) is 28.4 Å². The summed E-state index contributed by atoms with van der Waals surface area (Å²) in [4.78, 5) is 26.4. The van der Waals surface area contributed by atoms with Crippen molar-refractivity contribution in [2.75, 3.05) is 18.9 Å². The van der Waals surface area contributed by atoms with Crippen molar-refractivity contribution in [2.24, 2.45) is 0 Å². The Balaban J connectivity index is 2.10. The summed E-state index contributed by atoms with van der Waals surface area (Å²) in [6.45, 7) is 2.79. The van der Waals surface area contributed by atoms with Crippen LogP contribution in [0.2, 0.25) is 5.02 Å². The largest absolute Gasteiger partial charge is 0.342 e. The Labute approximate surface area is 147 Å². The molecule has 0 aliphatic carbocycles. The number of nitrogens with zero attached hydrogens (tertiary/aromatic N) is 1. The van der Waals surface area contributed by atoms with Crippen molar-refractivity contribution in [3.05, 3.63) is 64.7 Å². The zero-order valence-corrected chi connectivity index (χ0v) is 14.6. The van der Waals surface area contributed by atoms with Crippen LogP contribution >= 0.6 is 11.6 Å². The molecule has 0 bridgehead atoms. The number of hydrogen-bond donors (Lipinski definition) is 1. The van der Waals surface area contributed by atoms with Gasteiger partial charge in [-0.05, 0) is 48.9 Å². The molecule has 5 heteroatoms. The molecule has 1 N–H and O–H groups in total. The van der Waals surface area contributed by atoms with Crippen molar-refractivity contribution in [2.45, 2.75) is 19.8 Å². The fourth-order valence-electron chi connectivity index (χ4n) is 2.25. The molecule has 0 heterocycles. The summed E-state index contributed by atoms with van der Waals surface area (Å²) in [7, 11) is 1.78. The maximum Gasteiger partial charge on any atom is 0.255 e. The highest BCUT2D eigenvalue weighted by atomic mass is 35.5. The highest BCUT2D eigenvalue weighted by Gasteiger charge is 2.14. The summed E-state index contributed by atoms with van der Waals surface area (Å²) in [6, 6.07) is 13.6. The SMILES string of the molecule is CCCCN(C)C(=O)c1cccc(C(=O)Nc2ccc(Cl)cc2)c1. The fraction of sp³-hybridized carbons (Fsp3) is 0.263. The third-order valence-corrected chi connectivity index (χ3v) is 3.92. The van der Waals surface area contributed by atoms with Crippen LogP contribution < -0.4 is 5.32 Å². The molecule has 0 atom stereocenters. The van der Waals surface area contributed by atoms with Gasteiger partial charge in [-0.1, -0.05) is 31.0 Å². The Morgan fingerprint density at radius 1 is 1.08 bits per heavy atom. The second kappa shape index (κ2) is 8.50. The molecule has 2 amide bonds. The molecule has 2 aromatic carbocycles.